The standard InChI is InChI=1S/C9H12ClNS2/c1-6-4-11-9(12-5-6)7-2-3-8(10)13-7/h2-3,6,9,11H,4-5H2,1H3. The summed E-state index contributed by atoms with van der Waals surface area (Å²) in [6.45, 7) is 3.39. The molecule has 0 aromatic carbocycles. The first-order valence-corrected chi connectivity index (χ1v) is 6.60. The van der Waals surface area contributed by atoms with Gasteiger partial charge in [-0.05, 0) is 30.3 Å². The molecule has 0 bridgehead atoms. The van der Waals surface area contributed by atoms with Gasteiger partial charge in [0.05, 0.1) is 9.71 Å². The highest BCUT2D eigenvalue weighted by Gasteiger charge is 2.20. The Morgan fingerprint density at radius 2 is 2.38 bits per heavy atom. The molecule has 1 N–H and O–H groups in total. The maximum atomic E-state index is 5.89. The molecule has 72 valence electrons. The van der Waals surface area contributed by atoms with E-state index in [9.17, 15) is 0 Å². The number of hydrogen-bond acceptors (Lipinski definition) is 3. The van der Waals surface area contributed by atoms with Gasteiger partial charge in [0.15, 0.2) is 0 Å². The van der Waals surface area contributed by atoms with Crippen molar-refractivity contribution in [2.24, 2.45) is 5.92 Å². The summed E-state index contributed by atoms with van der Waals surface area (Å²) in [5.41, 5.74) is 0. The zero-order valence-electron chi connectivity index (χ0n) is 7.42. The summed E-state index contributed by atoms with van der Waals surface area (Å²) in [7, 11) is 0. The van der Waals surface area contributed by atoms with Crippen molar-refractivity contribution in [3.8, 4) is 0 Å². The molecule has 0 spiro atoms. The van der Waals surface area contributed by atoms with Gasteiger partial charge in [0, 0.05) is 4.88 Å². The zero-order valence-corrected chi connectivity index (χ0v) is 9.81. The lowest BCUT2D eigenvalue weighted by molar-refractivity contribution is 0.532. The largest absolute Gasteiger partial charge is 0.301 e. The molecular formula is C9H12ClNS2. The minimum Gasteiger partial charge on any atom is -0.301 e. The van der Waals surface area contributed by atoms with Gasteiger partial charge in [-0.3, -0.25) is 0 Å². The monoisotopic (exact) mass is 233 g/mol. The van der Waals surface area contributed by atoms with Crippen molar-refractivity contribution >= 4 is 34.7 Å². The fourth-order valence-electron chi connectivity index (χ4n) is 1.34. The molecule has 0 amide bonds. The number of nitrogens with one attached hydrogen (secondary N) is 1. The van der Waals surface area contributed by atoms with Crippen LogP contribution in [0.5, 0.6) is 0 Å². The molecule has 1 saturated heterocycles. The Hall–Kier alpha value is 0.300. The van der Waals surface area contributed by atoms with Gasteiger partial charge in [0.1, 0.15) is 0 Å². The van der Waals surface area contributed by atoms with Gasteiger partial charge >= 0.3 is 0 Å². The predicted molar refractivity (Wildman–Crippen MR) is 61.7 cm³/mol. The van der Waals surface area contributed by atoms with E-state index in [4.69, 9.17) is 11.6 Å². The number of hydrogen-bond donors (Lipinski definition) is 1. The molecule has 1 aromatic rings. The van der Waals surface area contributed by atoms with Gasteiger partial charge in [-0.2, -0.15) is 0 Å². The molecule has 2 heterocycles. The maximum absolute atomic E-state index is 5.89. The Balaban J connectivity index is 2.02. The summed E-state index contributed by atoms with van der Waals surface area (Å²) in [5.74, 6) is 2.03. The molecule has 1 aliphatic rings. The van der Waals surface area contributed by atoms with Gasteiger partial charge in [-0.1, -0.05) is 18.5 Å². The number of halogens is 1. The third-order valence-electron chi connectivity index (χ3n) is 2.05. The van der Waals surface area contributed by atoms with Crippen molar-refractivity contribution in [3.05, 3.63) is 21.3 Å². The van der Waals surface area contributed by atoms with Gasteiger partial charge in [0.2, 0.25) is 0 Å². The Bertz CT molecular complexity index is 279. The third-order valence-corrected chi connectivity index (χ3v) is 5.01. The molecule has 0 saturated carbocycles. The van der Waals surface area contributed by atoms with Crippen LogP contribution in [0.1, 0.15) is 17.2 Å². The van der Waals surface area contributed by atoms with Gasteiger partial charge in [0.25, 0.3) is 0 Å². The molecule has 1 nitrogen and oxygen atoms in total. The number of thioether (sulfide) groups is 1. The molecule has 1 aliphatic heterocycles. The molecule has 13 heavy (non-hydrogen) atoms. The Kier molecular flexibility index (Phi) is 3.19. The van der Waals surface area contributed by atoms with Crippen LogP contribution in [0.15, 0.2) is 12.1 Å². The highest BCUT2D eigenvalue weighted by Crippen LogP contribution is 2.36. The summed E-state index contributed by atoms with van der Waals surface area (Å²) in [4.78, 5) is 1.35. The van der Waals surface area contributed by atoms with E-state index >= 15 is 0 Å². The highest BCUT2D eigenvalue weighted by atomic mass is 35.5. The van der Waals surface area contributed by atoms with E-state index in [0.717, 1.165) is 16.8 Å². The Morgan fingerprint density at radius 3 is 2.92 bits per heavy atom. The van der Waals surface area contributed by atoms with Crippen LogP contribution in [0.2, 0.25) is 4.34 Å². The topological polar surface area (TPSA) is 12.0 Å². The first kappa shape index (κ1) is 9.84. The first-order valence-electron chi connectivity index (χ1n) is 4.36. The van der Waals surface area contributed by atoms with Crippen molar-refractivity contribution in [1.29, 1.82) is 0 Å². The van der Waals surface area contributed by atoms with Crippen LogP contribution >= 0.6 is 34.7 Å². The van der Waals surface area contributed by atoms with Crippen LogP contribution < -0.4 is 5.32 Å². The molecule has 2 unspecified atom stereocenters. The van der Waals surface area contributed by atoms with Crippen molar-refractivity contribution < 1.29 is 0 Å². The molecular weight excluding hydrogens is 222 g/mol. The summed E-state index contributed by atoms with van der Waals surface area (Å²) < 4.78 is 0.885. The van der Waals surface area contributed by atoms with Crippen molar-refractivity contribution in [3.63, 3.8) is 0 Å². The van der Waals surface area contributed by atoms with Gasteiger partial charge in [-0.25, -0.2) is 0 Å². The number of thiophene rings is 1. The fourth-order valence-corrected chi connectivity index (χ4v) is 3.80. The molecule has 0 radical (unpaired) electrons. The van der Waals surface area contributed by atoms with E-state index < -0.39 is 0 Å². The van der Waals surface area contributed by atoms with Crippen LogP contribution in [-0.4, -0.2) is 12.3 Å². The molecule has 1 fully saturated rings. The fraction of sp³-hybridized carbons (Fsp3) is 0.556. The lowest BCUT2D eigenvalue weighted by atomic mass is 10.2. The highest BCUT2D eigenvalue weighted by molar-refractivity contribution is 7.99. The lowest BCUT2D eigenvalue weighted by Gasteiger charge is -2.26. The van der Waals surface area contributed by atoms with E-state index in [1.165, 1.54) is 10.6 Å². The second-order valence-electron chi connectivity index (χ2n) is 3.37. The van der Waals surface area contributed by atoms with Crippen molar-refractivity contribution in [1.82, 2.24) is 5.32 Å². The first-order chi connectivity index (χ1) is 6.25. The Labute approximate surface area is 91.9 Å². The predicted octanol–water partition coefficient (Wildman–Crippen LogP) is 3.37. The summed E-state index contributed by atoms with van der Waals surface area (Å²) in [6, 6.07) is 4.09. The summed E-state index contributed by atoms with van der Waals surface area (Å²) in [6.07, 6.45) is 0. The third kappa shape index (κ3) is 2.40. The minimum atomic E-state index is 0.466. The van der Waals surface area contributed by atoms with Gasteiger partial charge in [-0.15, -0.1) is 23.1 Å². The van der Waals surface area contributed by atoms with Crippen molar-refractivity contribution in [2.75, 3.05) is 12.3 Å². The normalized spacial score (nSPS) is 29.1. The smallest absolute Gasteiger partial charge is 0.0932 e. The molecule has 0 aliphatic carbocycles. The van der Waals surface area contributed by atoms with Gasteiger partial charge < -0.3 is 5.32 Å². The van der Waals surface area contributed by atoms with Crippen molar-refractivity contribution in [2.45, 2.75) is 12.3 Å². The van der Waals surface area contributed by atoms with Crippen LogP contribution in [0.25, 0.3) is 0 Å². The van der Waals surface area contributed by atoms with E-state index in [1.807, 2.05) is 17.8 Å². The average Bonchev–Trinajstić information content (AvgIpc) is 2.53. The van der Waals surface area contributed by atoms with E-state index in [1.54, 1.807) is 11.3 Å². The second-order valence-corrected chi connectivity index (χ2v) is 6.25. The second kappa shape index (κ2) is 4.22. The van der Waals surface area contributed by atoms with Crippen LogP contribution in [-0.2, 0) is 0 Å². The summed E-state index contributed by atoms with van der Waals surface area (Å²) >= 11 is 9.55. The van der Waals surface area contributed by atoms with Crippen LogP contribution in [0.4, 0.5) is 0 Å². The maximum Gasteiger partial charge on any atom is 0.0932 e. The zero-order chi connectivity index (χ0) is 9.26. The molecule has 2 rings (SSSR count). The average molecular weight is 234 g/mol. The van der Waals surface area contributed by atoms with E-state index in [2.05, 4.69) is 18.3 Å². The molecule has 2 atom stereocenters. The molecule has 1 aromatic heterocycles. The SMILES string of the molecule is CC1CNC(c2ccc(Cl)s2)SC1. The lowest BCUT2D eigenvalue weighted by Crippen LogP contribution is -2.30. The van der Waals surface area contributed by atoms with Crippen LogP contribution in [0, 0.1) is 5.92 Å². The van der Waals surface area contributed by atoms with E-state index in [-0.39, 0.29) is 0 Å². The molecule has 4 heteroatoms. The Morgan fingerprint density at radius 1 is 1.54 bits per heavy atom. The minimum absolute atomic E-state index is 0.466. The quantitative estimate of drug-likeness (QED) is 0.798. The summed E-state index contributed by atoms with van der Waals surface area (Å²) in [5, 5.41) is 3.98. The van der Waals surface area contributed by atoms with E-state index in [0.29, 0.717) is 5.37 Å². The van der Waals surface area contributed by atoms with Crippen LogP contribution in [0.3, 0.4) is 0 Å². The number of rotatable bonds is 1.